The van der Waals surface area contributed by atoms with Gasteiger partial charge in [0.25, 0.3) is 5.91 Å². The van der Waals surface area contributed by atoms with Crippen LogP contribution in [0.3, 0.4) is 0 Å². The number of sulfonamides is 1. The highest BCUT2D eigenvalue weighted by molar-refractivity contribution is 7.89. The number of halogens is 5. The molecule has 0 saturated carbocycles. The molecule has 2 rings (SSSR count). The molecule has 0 spiro atoms. The molecule has 0 bridgehead atoms. The van der Waals surface area contributed by atoms with Crippen molar-refractivity contribution in [2.45, 2.75) is 24.0 Å². The summed E-state index contributed by atoms with van der Waals surface area (Å²) < 4.78 is 92.0. The number of aryl methyl sites for hydroxylation is 1. The largest absolute Gasteiger partial charge is 0.404 e. The highest BCUT2D eigenvalue weighted by atomic mass is 32.2. The molecule has 2 aromatic rings. The maximum Gasteiger partial charge on any atom is 0.404 e. The first-order valence-electron chi connectivity index (χ1n) is 7.72. The number of rotatable bonds is 5. The number of carbonyl (C=O) groups is 1. The van der Waals surface area contributed by atoms with Gasteiger partial charge >= 0.3 is 6.18 Å². The van der Waals surface area contributed by atoms with Crippen LogP contribution >= 0.6 is 0 Å². The maximum atomic E-state index is 14.6. The Morgan fingerprint density at radius 3 is 2.45 bits per heavy atom. The van der Waals surface area contributed by atoms with E-state index in [0.29, 0.717) is 13.1 Å². The zero-order valence-corrected chi connectivity index (χ0v) is 15.6. The molecule has 1 aromatic heterocycles. The number of alkyl halides is 3. The second-order valence-corrected chi connectivity index (χ2v) is 7.59. The van der Waals surface area contributed by atoms with Gasteiger partial charge < -0.3 is 9.88 Å². The van der Waals surface area contributed by atoms with Gasteiger partial charge in [-0.3, -0.25) is 4.79 Å². The predicted octanol–water partition coefficient (Wildman–Crippen LogP) is 2.66. The Balaban J connectivity index is 2.36. The first-order valence-corrected chi connectivity index (χ1v) is 9.21. The monoisotopic (exact) mass is 436 g/mol. The number of nitrogens with one attached hydrogen (secondary N) is 2. The van der Waals surface area contributed by atoms with Crippen molar-refractivity contribution in [1.29, 1.82) is 5.26 Å². The van der Waals surface area contributed by atoms with Crippen LogP contribution in [0.4, 0.5) is 27.6 Å². The summed E-state index contributed by atoms with van der Waals surface area (Å²) in [5.41, 5.74) is -1.28. The molecular weight excluding hydrogens is 423 g/mol. The van der Waals surface area contributed by atoms with Gasteiger partial charge in [-0.15, -0.1) is 0 Å². The highest BCUT2D eigenvalue weighted by Crippen LogP contribution is 2.25. The summed E-state index contributed by atoms with van der Waals surface area (Å²) in [6.07, 6.45) is -4.26. The fourth-order valence-electron chi connectivity index (χ4n) is 2.26. The molecule has 7 nitrogen and oxygen atoms in total. The second-order valence-electron chi connectivity index (χ2n) is 5.91. The number of nitriles is 1. The number of carbonyl (C=O) groups excluding carboxylic acids is 1. The number of nitrogens with zero attached hydrogens (tertiary/aromatic N) is 2. The SMILES string of the molecule is C[C@@H](NS(=O)(=O)c1cn(C)c(C(=O)Nc2ccc(F)c(C#N)c2)c1F)C(F)(F)F. The van der Waals surface area contributed by atoms with Crippen LogP contribution in [-0.2, 0) is 17.1 Å². The van der Waals surface area contributed by atoms with Crippen LogP contribution in [0, 0.1) is 23.0 Å². The minimum atomic E-state index is -4.94. The number of amides is 1. The average Bonchev–Trinajstić information content (AvgIpc) is 2.90. The lowest BCUT2D eigenvalue weighted by molar-refractivity contribution is -0.147. The Labute approximate surface area is 161 Å². The van der Waals surface area contributed by atoms with Crippen molar-refractivity contribution in [1.82, 2.24) is 9.29 Å². The molecular formula is C16H13F5N4O3S. The summed E-state index contributed by atoms with van der Waals surface area (Å²) in [5.74, 6) is -3.59. The summed E-state index contributed by atoms with van der Waals surface area (Å²) >= 11 is 0. The Hall–Kier alpha value is -2.98. The standard InChI is InChI=1S/C16H13F5N4O3S/c1-8(16(19,20)21)24-29(27,28)12-7-25(2)14(13(12)18)15(26)23-10-3-4-11(17)9(5-10)6-22/h3-5,7-8,24H,1-2H3,(H,23,26)/t8-/m1/s1. The van der Waals surface area contributed by atoms with Gasteiger partial charge in [-0.25, -0.2) is 17.2 Å². The van der Waals surface area contributed by atoms with Gasteiger partial charge in [-0.05, 0) is 25.1 Å². The van der Waals surface area contributed by atoms with Crippen LogP contribution in [0.2, 0.25) is 0 Å². The van der Waals surface area contributed by atoms with E-state index < -0.39 is 55.9 Å². The number of anilines is 1. The highest BCUT2D eigenvalue weighted by Gasteiger charge is 2.40. The molecule has 13 heteroatoms. The number of hydrogen-bond donors (Lipinski definition) is 2. The van der Waals surface area contributed by atoms with Gasteiger partial charge in [0.1, 0.15) is 28.5 Å². The number of aromatic nitrogens is 1. The number of hydrogen-bond acceptors (Lipinski definition) is 4. The topological polar surface area (TPSA) is 104 Å². The molecule has 0 unspecified atom stereocenters. The minimum Gasteiger partial charge on any atom is -0.343 e. The van der Waals surface area contributed by atoms with Gasteiger partial charge in [-0.1, -0.05) is 0 Å². The molecule has 29 heavy (non-hydrogen) atoms. The molecule has 1 atom stereocenters. The molecule has 1 heterocycles. The fourth-order valence-corrected chi connectivity index (χ4v) is 3.61. The third kappa shape index (κ3) is 4.72. The molecule has 0 fully saturated rings. The Morgan fingerprint density at radius 2 is 1.90 bits per heavy atom. The van der Waals surface area contributed by atoms with Gasteiger partial charge in [0.05, 0.1) is 5.56 Å². The van der Waals surface area contributed by atoms with Gasteiger partial charge in [0.15, 0.2) is 5.82 Å². The summed E-state index contributed by atoms with van der Waals surface area (Å²) in [6, 6.07) is 1.98. The lowest BCUT2D eigenvalue weighted by Crippen LogP contribution is -2.43. The molecule has 0 aliphatic heterocycles. The van der Waals surface area contributed by atoms with Crippen molar-refractivity contribution in [3.63, 3.8) is 0 Å². The van der Waals surface area contributed by atoms with E-state index in [-0.39, 0.29) is 5.69 Å². The average molecular weight is 436 g/mol. The third-order valence-corrected chi connectivity index (χ3v) is 5.29. The van der Waals surface area contributed by atoms with Crippen molar-refractivity contribution in [2.24, 2.45) is 7.05 Å². The molecule has 1 amide bonds. The lowest BCUT2D eigenvalue weighted by atomic mass is 10.2. The number of benzene rings is 1. The smallest absolute Gasteiger partial charge is 0.343 e. The van der Waals surface area contributed by atoms with E-state index in [0.717, 1.165) is 29.8 Å². The molecule has 0 aliphatic rings. The quantitative estimate of drug-likeness (QED) is 0.704. The summed E-state index contributed by atoms with van der Waals surface area (Å²) in [7, 11) is -3.83. The zero-order chi connectivity index (χ0) is 22.1. The normalized spacial score (nSPS) is 13.0. The fraction of sp³-hybridized carbons (Fsp3) is 0.250. The van der Waals surface area contributed by atoms with E-state index in [2.05, 4.69) is 5.32 Å². The molecule has 0 saturated heterocycles. The summed E-state index contributed by atoms with van der Waals surface area (Å²) in [5, 5.41) is 10.9. The van der Waals surface area contributed by atoms with Crippen LogP contribution in [0.15, 0.2) is 29.3 Å². The van der Waals surface area contributed by atoms with Crippen LogP contribution < -0.4 is 10.0 Å². The first-order chi connectivity index (χ1) is 13.3. The Morgan fingerprint density at radius 1 is 1.28 bits per heavy atom. The lowest BCUT2D eigenvalue weighted by Gasteiger charge is -2.16. The van der Waals surface area contributed by atoms with Crippen molar-refractivity contribution in [2.75, 3.05) is 5.32 Å². The Bertz CT molecular complexity index is 1100. The van der Waals surface area contributed by atoms with Crippen LogP contribution in [0.5, 0.6) is 0 Å². The van der Waals surface area contributed by atoms with Crippen LogP contribution in [-0.4, -0.2) is 31.1 Å². The second kappa shape index (κ2) is 7.80. The van der Waals surface area contributed by atoms with E-state index in [1.54, 1.807) is 6.07 Å². The van der Waals surface area contributed by atoms with Gasteiger partial charge in [0, 0.05) is 18.9 Å². The minimum absolute atomic E-state index is 0.0817. The van der Waals surface area contributed by atoms with E-state index in [9.17, 15) is 35.2 Å². The summed E-state index contributed by atoms with van der Waals surface area (Å²) in [6.45, 7) is 0.535. The van der Waals surface area contributed by atoms with Gasteiger partial charge in [0.2, 0.25) is 10.0 Å². The van der Waals surface area contributed by atoms with Crippen molar-refractivity contribution >= 4 is 21.6 Å². The van der Waals surface area contributed by atoms with Crippen molar-refractivity contribution in [3.8, 4) is 6.07 Å². The van der Waals surface area contributed by atoms with Crippen LogP contribution in [0.25, 0.3) is 0 Å². The van der Waals surface area contributed by atoms with Crippen molar-refractivity contribution < 1.29 is 35.2 Å². The van der Waals surface area contributed by atoms with Crippen molar-refractivity contribution in [3.05, 3.63) is 47.3 Å². The molecule has 0 radical (unpaired) electrons. The van der Waals surface area contributed by atoms with E-state index in [1.165, 1.54) is 4.72 Å². The molecule has 156 valence electrons. The molecule has 1 aromatic carbocycles. The van der Waals surface area contributed by atoms with E-state index >= 15 is 0 Å². The predicted molar refractivity (Wildman–Crippen MR) is 90.3 cm³/mol. The zero-order valence-electron chi connectivity index (χ0n) is 14.8. The maximum absolute atomic E-state index is 14.6. The third-order valence-electron chi connectivity index (χ3n) is 3.76. The Kier molecular flexibility index (Phi) is 6.00. The molecule has 2 N–H and O–H groups in total. The first kappa shape index (κ1) is 22.3. The molecule has 0 aliphatic carbocycles. The van der Waals surface area contributed by atoms with Gasteiger partial charge in [-0.2, -0.15) is 23.2 Å². The summed E-state index contributed by atoms with van der Waals surface area (Å²) in [4.78, 5) is 11.2. The van der Waals surface area contributed by atoms with Crippen LogP contribution in [0.1, 0.15) is 23.0 Å². The van der Waals surface area contributed by atoms with E-state index in [1.807, 2.05) is 0 Å². The van der Waals surface area contributed by atoms with E-state index in [4.69, 9.17) is 5.26 Å².